The van der Waals surface area contributed by atoms with Crippen molar-refractivity contribution < 1.29 is 4.79 Å². The lowest BCUT2D eigenvalue weighted by molar-refractivity contribution is -0.130. The Morgan fingerprint density at radius 1 is 1.35 bits per heavy atom. The second kappa shape index (κ2) is 4.14. The van der Waals surface area contributed by atoms with Crippen LogP contribution in [0.2, 0.25) is 0 Å². The maximum atomic E-state index is 12.3. The van der Waals surface area contributed by atoms with Crippen molar-refractivity contribution in [2.24, 2.45) is 0 Å². The second-order valence-electron chi connectivity index (χ2n) is 6.35. The van der Waals surface area contributed by atoms with Crippen LogP contribution < -0.4 is 0 Å². The number of hydrogen-bond donors (Lipinski definition) is 0. The molecule has 0 aromatic carbocycles. The van der Waals surface area contributed by atoms with Crippen molar-refractivity contribution in [2.45, 2.75) is 57.0 Å². The summed E-state index contributed by atoms with van der Waals surface area (Å²) in [5, 5.41) is 0. The van der Waals surface area contributed by atoms with Crippen molar-refractivity contribution in [3.05, 3.63) is 35.4 Å². The third-order valence-corrected chi connectivity index (χ3v) is 4.75. The van der Waals surface area contributed by atoms with Gasteiger partial charge in [0.2, 0.25) is 5.91 Å². The van der Waals surface area contributed by atoms with E-state index in [-0.39, 0.29) is 11.9 Å². The second-order valence-corrected chi connectivity index (χ2v) is 6.35. The van der Waals surface area contributed by atoms with Gasteiger partial charge in [0.1, 0.15) is 5.82 Å². The Hall–Kier alpha value is -1.71. The minimum absolute atomic E-state index is 0.0921. The Balaban J connectivity index is 1.71. The highest BCUT2D eigenvalue weighted by atomic mass is 16.2. The van der Waals surface area contributed by atoms with Crippen LogP contribution in [0, 0.1) is 0 Å². The fourth-order valence-electron chi connectivity index (χ4n) is 3.56. The van der Waals surface area contributed by atoms with Gasteiger partial charge in [-0.1, -0.05) is 6.58 Å². The Morgan fingerprint density at radius 2 is 2.15 bits per heavy atom. The zero-order valence-corrected chi connectivity index (χ0v) is 11.8. The minimum atomic E-state index is 0.0921. The van der Waals surface area contributed by atoms with Gasteiger partial charge in [-0.15, -0.1) is 0 Å². The number of nitrogens with zero attached hydrogens (tertiary/aromatic N) is 3. The van der Waals surface area contributed by atoms with E-state index in [0.29, 0.717) is 17.5 Å². The van der Waals surface area contributed by atoms with E-state index in [0.717, 1.165) is 30.7 Å². The lowest BCUT2D eigenvalue weighted by Crippen LogP contribution is -2.42. The fraction of sp³-hybridized carbons (Fsp3) is 0.562. The van der Waals surface area contributed by atoms with Crippen LogP contribution >= 0.6 is 0 Å². The normalized spacial score (nSPS) is 27.4. The first-order valence-electron chi connectivity index (χ1n) is 7.49. The largest absolute Gasteiger partial charge is 0.328 e. The molecule has 2 aliphatic heterocycles. The van der Waals surface area contributed by atoms with Crippen LogP contribution in [-0.2, 0) is 11.2 Å². The molecule has 1 saturated carbocycles. The number of carbonyl (C=O) groups excluding carboxylic acids is 1. The van der Waals surface area contributed by atoms with Crippen LogP contribution in [-0.4, -0.2) is 26.8 Å². The topological polar surface area (TPSA) is 46.1 Å². The van der Waals surface area contributed by atoms with Gasteiger partial charge in [0.25, 0.3) is 0 Å². The molecule has 4 rings (SSSR count). The van der Waals surface area contributed by atoms with Crippen molar-refractivity contribution in [3.8, 4) is 0 Å². The van der Waals surface area contributed by atoms with E-state index in [2.05, 4.69) is 11.6 Å². The number of carbonyl (C=O) groups is 1. The van der Waals surface area contributed by atoms with Crippen molar-refractivity contribution in [3.63, 3.8) is 0 Å². The Kier molecular flexibility index (Phi) is 2.50. The van der Waals surface area contributed by atoms with Gasteiger partial charge in [0.15, 0.2) is 0 Å². The predicted octanol–water partition coefficient (Wildman–Crippen LogP) is 2.52. The summed E-state index contributed by atoms with van der Waals surface area (Å²) in [7, 11) is 0. The zero-order chi connectivity index (χ0) is 13.9. The molecule has 3 heterocycles. The van der Waals surface area contributed by atoms with Gasteiger partial charge in [-0.3, -0.25) is 4.79 Å². The van der Waals surface area contributed by atoms with Crippen LogP contribution in [0.15, 0.2) is 18.3 Å². The van der Waals surface area contributed by atoms with Crippen molar-refractivity contribution in [1.82, 2.24) is 14.9 Å². The summed E-state index contributed by atoms with van der Waals surface area (Å²) in [5.74, 6) is 1.70. The molecule has 20 heavy (non-hydrogen) atoms. The summed E-state index contributed by atoms with van der Waals surface area (Å²) in [6.45, 7) is 5.60. The smallest absolute Gasteiger partial charge is 0.249 e. The first kappa shape index (κ1) is 12.1. The number of amides is 1. The molecule has 4 nitrogen and oxygen atoms in total. The fourth-order valence-corrected chi connectivity index (χ4v) is 3.56. The molecule has 0 spiro atoms. The first-order chi connectivity index (χ1) is 9.65. The van der Waals surface area contributed by atoms with Crippen LogP contribution in [0.3, 0.4) is 0 Å². The van der Waals surface area contributed by atoms with Crippen LogP contribution in [0.4, 0.5) is 0 Å². The summed E-state index contributed by atoms with van der Waals surface area (Å²) in [6.07, 6.45) is 7.41. The molecule has 1 saturated heterocycles. The van der Waals surface area contributed by atoms with Crippen LogP contribution in [0.25, 0.3) is 0 Å². The molecule has 4 heteroatoms. The Morgan fingerprint density at radius 3 is 2.85 bits per heavy atom. The number of hydrogen-bond acceptors (Lipinski definition) is 3. The summed E-state index contributed by atoms with van der Waals surface area (Å²) in [6, 6.07) is 0.472. The van der Waals surface area contributed by atoms with Crippen molar-refractivity contribution >= 4 is 5.91 Å². The van der Waals surface area contributed by atoms with Gasteiger partial charge in [-0.2, -0.15) is 0 Å². The molecule has 0 N–H and O–H groups in total. The molecule has 0 radical (unpaired) electrons. The van der Waals surface area contributed by atoms with Gasteiger partial charge < -0.3 is 4.90 Å². The Bertz CT molecular complexity index is 606. The molecule has 104 valence electrons. The van der Waals surface area contributed by atoms with Crippen LogP contribution in [0.5, 0.6) is 0 Å². The zero-order valence-electron chi connectivity index (χ0n) is 11.8. The quantitative estimate of drug-likeness (QED) is 0.775. The van der Waals surface area contributed by atoms with Crippen molar-refractivity contribution in [2.75, 3.05) is 0 Å². The molecule has 1 aromatic rings. The SMILES string of the molecule is C=C(C)C(=O)N1C2CCC1c1cnc(C3CC3)nc1C2. The van der Waals surface area contributed by atoms with Gasteiger partial charge in [-0.05, 0) is 32.6 Å². The van der Waals surface area contributed by atoms with E-state index in [1.54, 1.807) is 6.92 Å². The molecule has 2 fully saturated rings. The number of fused-ring (bicyclic) bond motifs is 4. The molecule has 2 bridgehead atoms. The third-order valence-electron chi connectivity index (χ3n) is 4.75. The monoisotopic (exact) mass is 269 g/mol. The van der Waals surface area contributed by atoms with E-state index in [1.165, 1.54) is 18.5 Å². The Labute approximate surface area is 118 Å². The third kappa shape index (κ3) is 1.70. The van der Waals surface area contributed by atoms with E-state index in [1.807, 2.05) is 11.1 Å². The standard InChI is InChI=1S/C16H19N3O/c1-9(2)16(20)19-11-5-6-14(19)12-8-17-15(10-3-4-10)18-13(12)7-11/h8,10-11,14H,1,3-7H2,2H3. The highest BCUT2D eigenvalue weighted by Gasteiger charge is 2.43. The highest BCUT2D eigenvalue weighted by molar-refractivity contribution is 5.93. The molecular formula is C16H19N3O. The molecule has 1 aliphatic carbocycles. The van der Waals surface area contributed by atoms with E-state index in [4.69, 9.17) is 4.98 Å². The highest BCUT2D eigenvalue weighted by Crippen LogP contribution is 2.45. The maximum absolute atomic E-state index is 12.3. The predicted molar refractivity (Wildman–Crippen MR) is 75.1 cm³/mol. The molecule has 2 unspecified atom stereocenters. The number of aromatic nitrogens is 2. The van der Waals surface area contributed by atoms with Gasteiger partial charge in [0, 0.05) is 35.7 Å². The molecular weight excluding hydrogens is 250 g/mol. The summed E-state index contributed by atoms with van der Waals surface area (Å²) in [4.78, 5) is 23.7. The average Bonchev–Trinajstić information content (AvgIpc) is 3.23. The molecule has 3 aliphatic rings. The number of rotatable bonds is 2. The lowest BCUT2D eigenvalue weighted by atomic mass is 9.98. The molecule has 1 amide bonds. The van der Waals surface area contributed by atoms with Gasteiger partial charge in [-0.25, -0.2) is 9.97 Å². The molecule has 2 atom stereocenters. The van der Waals surface area contributed by atoms with E-state index >= 15 is 0 Å². The van der Waals surface area contributed by atoms with Crippen LogP contribution in [0.1, 0.15) is 61.6 Å². The van der Waals surface area contributed by atoms with E-state index in [9.17, 15) is 4.79 Å². The minimum Gasteiger partial charge on any atom is -0.328 e. The lowest BCUT2D eigenvalue weighted by Gasteiger charge is -2.35. The van der Waals surface area contributed by atoms with E-state index < -0.39 is 0 Å². The first-order valence-corrected chi connectivity index (χ1v) is 7.49. The van der Waals surface area contributed by atoms with Gasteiger partial charge >= 0.3 is 0 Å². The molecule has 1 aromatic heterocycles. The summed E-state index contributed by atoms with van der Waals surface area (Å²) >= 11 is 0. The maximum Gasteiger partial charge on any atom is 0.249 e. The van der Waals surface area contributed by atoms with Gasteiger partial charge in [0.05, 0.1) is 11.7 Å². The summed E-state index contributed by atoms with van der Waals surface area (Å²) < 4.78 is 0. The average molecular weight is 269 g/mol. The van der Waals surface area contributed by atoms with Crippen molar-refractivity contribution in [1.29, 1.82) is 0 Å². The summed E-state index contributed by atoms with van der Waals surface area (Å²) in [5.41, 5.74) is 2.97.